The van der Waals surface area contributed by atoms with E-state index in [1.165, 1.54) is 12.1 Å². The van der Waals surface area contributed by atoms with E-state index >= 15 is 0 Å². The number of halogens is 1. The topological polar surface area (TPSA) is 46.2 Å². The Morgan fingerprint density at radius 1 is 1.31 bits per heavy atom. The molecule has 0 aliphatic rings. The van der Waals surface area contributed by atoms with Crippen LogP contribution in [0.1, 0.15) is 25.5 Å². The standard InChI is InChI=1S/C12H18FNOS/c1-8(7-15)16-9(2)12(14)10-3-5-11(13)6-4-10/h3-6,8-9,12,15H,7,14H2,1-2H3. The normalized spacial score (nSPS) is 16.8. The highest BCUT2D eigenvalue weighted by atomic mass is 32.2. The molecule has 16 heavy (non-hydrogen) atoms. The highest BCUT2D eigenvalue weighted by Crippen LogP contribution is 2.27. The van der Waals surface area contributed by atoms with Crippen LogP contribution in [-0.4, -0.2) is 22.2 Å². The number of aliphatic hydroxyl groups excluding tert-OH is 1. The number of hydrogen-bond donors (Lipinski definition) is 2. The Morgan fingerprint density at radius 2 is 1.88 bits per heavy atom. The van der Waals surface area contributed by atoms with Gasteiger partial charge in [-0.15, -0.1) is 0 Å². The molecule has 3 atom stereocenters. The molecule has 1 aromatic carbocycles. The molecule has 90 valence electrons. The summed E-state index contributed by atoms with van der Waals surface area (Å²) in [5.74, 6) is -0.250. The molecule has 0 spiro atoms. The lowest BCUT2D eigenvalue weighted by Gasteiger charge is -2.22. The zero-order valence-corrected chi connectivity index (χ0v) is 10.4. The first kappa shape index (κ1) is 13.5. The molecule has 0 fully saturated rings. The van der Waals surface area contributed by atoms with E-state index in [1.54, 1.807) is 23.9 Å². The summed E-state index contributed by atoms with van der Waals surface area (Å²) in [6.07, 6.45) is 0. The monoisotopic (exact) mass is 243 g/mol. The van der Waals surface area contributed by atoms with Gasteiger partial charge in [-0.1, -0.05) is 26.0 Å². The first-order valence-electron chi connectivity index (χ1n) is 5.32. The fraction of sp³-hybridized carbons (Fsp3) is 0.500. The van der Waals surface area contributed by atoms with Crippen LogP contribution in [0.2, 0.25) is 0 Å². The van der Waals surface area contributed by atoms with Gasteiger partial charge in [-0.05, 0) is 17.7 Å². The molecule has 1 rings (SSSR count). The van der Waals surface area contributed by atoms with E-state index in [1.807, 2.05) is 13.8 Å². The van der Waals surface area contributed by atoms with Crippen LogP contribution < -0.4 is 5.73 Å². The summed E-state index contributed by atoms with van der Waals surface area (Å²) in [6, 6.07) is 6.12. The second-order valence-electron chi connectivity index (χ2n) is 3.91. The van der Waals surface area contributed by atoms with Gasteiger partial charge < -0.3 is 10.8 Å². The molecular formula is C12H18FNOS. The third-order valence-electron chi connectivity index (χ3n) is 2.46. The lowest BCUT2D eigenvalue weighted by atomic mass is 10.1. The molecule has 3 N–H and O–H groups in total. The lowest BCUT2D eigenvalue weighted by molar-refractivity contribution is 0.299. The summed E-state index contributed by atoms with van der Waals surface area (Å²) in [4.78, 5) is 0. The van der Waals surface area contributed by atoms with Crippen molar-refractivity contribution >= 4 is 11.8 Å². The quantitative estimate of drug-likeness (QED) is 0.834. The summed E-state index contributed by atoms with van der Waals surface area (Å²) in [7, 11) is 0. The van der Waals surface area contributed by atoms with Crippen LogP contribution in [0.5, 0.6) is 0 Å². The Kier molecular flexibility index (Phi) is 5.25. The highest BCUT2D eigenvalue weighted by molar-refractivity contribution is 8.00. The van der Waals surface area contributed by atoms with Crippen LogP contribution in [0, 0.1) is 5.82 Å². The number of benzene rings is 1. The van der Waals surface area contributed by atoms with Crippen molar-refractivity contribution in [3.63, 3.8) is 0 Å². The molecule has 2 nitrogen and oxygen atoms in total. The van der Waals surface area contributed by atoms with Gasteiger partial charge in [-0.2, -0.15) is 11.8 Å². The van der Waals surface area contributed by atoms with Gasteiger partial charge in [0.2, 0.25) is 0 Å². The Labute approximate surface area is 100 Å². The van der Waals surface area contributed by atoms with Gasteiger partial charge in [0.1, 0.15) is 5.82 Å². The average molecular weight is 243 g/mol. The van der Waals surface area contributed by atoms with Crippen LogP contribution in [-0.2, 0) is 0 Å². The maximum absolute atomic E-state index is 12.7. The predicted molar refractivity (Wildman–Crippen MR) is 66.9 cm³/mol. The molecule has 3 unspecified atom stereocenters. The van der Waals surface area contributed by atoms with E-state index in [-0.39, 0.29) is 29.0 Å². The maximum atomic E-state index is 12.7. The number of hydrogen-bond acceptors (Lipinski definition) is 3. The summed E-state index contributed by atoms with van der Waals surface area (Å²) in [6.45, 7) is 4.12. The number of nitrogens with two attached hydrogens (primary N) is 1. The van der Waals surface area contributed by atoms with E-state index in [0.29, 0.717) is 0 Å². The van der Waals surface area contributed by atoms with E-state index < -0.39 is 0 Å². The molecule has 0 radical (unpaired) electrons. The van der Waals surface area contributed by atoms with Crippen molar-refractivity contribution in [1.82, 2.24) is 0 Å². The number of thioether (sulfide) groups is 1. The van der Waals surface area contributed by atoms with Crippen molar-refractivity contribution in [2.24, 2.45) is 5.73 Å². The van der Waals surface area contributed by atoms with Crippen molar-refractivity contribution < 1.29 is 9.50 Å². The highest BCUT2D eigenvalue weighted by Gasteiger charge is 2.17. The van der Waals surface area contributed by atoms with Crippen LogP contribution >= 0.6 is 11.8 Å². The fourth-order valence-corrected chi connectivity index (χ4v) is 2.60. The van der Waals surface area contributed by atoms with Crippen LogP contribution in [0.3, 0.4) is 0 Å². The number of rotatable bonds is 5. The molecule has 0 amide bonds. The van der Waals surface area contributed by atoms with Gasteiger partial charge in [0.05, 0.1) is 6.61 Å². The molecule has 0 aliphatic carbocycles. The Morgan fingerprint density at radius 3 is 2.38 bits per heavy atom. The Hall–Kier alpha value is -0.580. The van der Waals surface area contributed by atoms with Crippen LogP contribution in [0.15, 0.2) is 24.3 Å². The fourth-order valence-electron chi connectivity index (χ4n) is 1.45. The third-order valence-corrected chi connectivity index (χ3v) is 3.80. The van der Waals surface area contributed by atoms with Crippen molar-refractivity contribution in [3.8, 4) is 0 Å². The van der Waals surface area contributed by atoms with Gasteiger partial charge >= 0.3 is 0 Å². The third kappa shape index (κ3) is 3.77. The molecule has 0 bridgehead atoms. The van der Waals surface area contributed by atoms with E-state index in [0.717, 1.165) is 5.56 Å². The first-order chi connectivity index (χ1) is 7.54. The Balaban J connectivity index is 2.62. The summed E-state index contributed by atoms with van der Waals surface area (Å²) >= 11 is 1.64. The molecule has 0 aliphatic heterocycles. The van der Waals surface area contributed by atoms with Gasteiger partial charge in [0.25, 0.3) is 0 Å². The largest absolute Gasteiger partial charge is 0.395 e. The van der Waals surface area contributed by atoms with E-state index in [9.17, 15) is 4.39 Å². The van der Waals surface area contributed by atoms with Gasteiger partial charge in [-0.25, -0.2) is 4.39 Å². The smallest absolute Gasteiger partial charge is 0.123 e. The summed E-state index contributed by atoms with van der Waals surface area (Å²) < 4.78 is 12.7. The van der Waals surface area contributed by atoms with Crippen LogP contribution in [0.4, 0.5) is 4.39 Å². The van der Waals surface area contributed by atoms with Gasteiger partial charge in [0, 0.05) is 16.5 Å². The van der Waals surface area contributed by atoms with Crippen molar-refractivity contribution in [3.05, 3.63) is 35.6 Å². The minimum Gasteiger partial charge on any atom is -0.395 e. The molecular weight excluding hydrogens is 225 g/mol. The second kappa shape index (κ2) is 6.23. The average Bonchev–Trinajstić information content (AvgIpc) is 2.28. The summed E-state index contributed by atoms with van der Waals surface area (Å²) in [5, 5.41) is 9.32. The molecule has 0 heterocycles. The van der Waals surface area contributed by atoms with Crippen molar-refractivity contribution in [2.45, 2.75) is 30.4 Å². The Bertz CT molecular complexity index is 317. The van der Waals surface area contributed by atoms with E-state index in [2.05, 4.69) is 0 Å². The predicted octanol–water partition coefficient (Wildman–Crippen LogP) is 2.33. The van der Waals surface area contributed by atoms with Crippen molar-refractivity contribution in [1.29, 1.82) is 0 Å². The number of aliphatic hydroxyl groups is 1. The SMILES string of the molecule is CC(CO)SC(C)C(N)c1ccc(F)cc1. The molecule has 0 aromatic heterocycles. The van der Waals surface area contributed by atoms with Crippen LogP contribution in [0.25, 0.3) is 0 Å². The molecule has 0 saturated carbocycles. The van der Waals surface area contributed by atoms with Gasteiger partial charge in [0.15, 0.2) is 0 Å². The summed E-state index contributed by atoms with van der Waals surface area (Å²) in [5.41, 5.74) is 6.99. The molecule has 4 heteroatoms. The van der Waals surface area contributed by atoms with E-state index in [4.69, 9.17) is 10.8 Å². The van der Waals surface area contributed by atoms with Crippen molar-refractivity contribution in [2.75, 3.05) is 6.61 Å². The van der Waals surface area contributed by atoms with Gasteiger partial charge in [-0.3, -0.25) is 0 Å². The lowest BCUT2D eigenvalue weighted by Crippen LogP contribution is -2.23. The first-order valence-corrected chi connectivity index (χ1v) is 6.26. The maximum Gasteiger partial charge on any atom is 0.123 e. The second-order valence-corrected chi connectivity index (χ2v) is 5.73. The zero-order chi connectivity index (χ0) is 12.1. The minimum absolute atomic E-state index is 0.139. The minimum atomic E-state index is -0.250. The molecule has 0 saturated heterocycles. The molecule has 1 aromatic rings. The zero-order valence-electron chi connectivity index (χ0n) is 9.56.